The third-order valence-electron chi connectivity index (χ3n) is 5.05. The molecule has 0 saturated carbocycles. The average Bonchev–Trinajstić information content (AvgIpc) is 2.95. The molecule has 1 atom stereocenters. The number of nitrogens with zero attached hydrogens (tertiary/aromatic N) is 3. The Morgan fingerprint density at radius 3 is 2.64 bits per heavy atom. The van der Waals surface area contributed by atoms with Gasteiger partial charge in [0.15, 0.2) is 0 Å². The van der Waals surface area contributed by atoms with Crippen molar-refractivity contribution in [3.8, 4) is 11.3 Å². The number of carbonyl (C=O) groups is 1. The Bertz CT molecular complexity index is 973. The molecule has 4 nitrogen and oxygen atoms in total. The lowest BCUT2D eigenvalue weighted by atomic mass is 10.1. The minimum Gasteiger partial charge on any atom is -0.336 e. The standard InChI is InChI=1S/C22H22FN3OS/c1-25-20(15-19(24-25)16-7-3-2-4-8-16)22(27)26-12-11-21(28-14-13-26)17-9-5-6-10-18(17)23/h2-10,15,21H,11-14H2,1H3/t21-/m0/s1. The zero-order valence-electron chi connectivity index (χ0n) is 15.7. The summed E-state index contributed by atoms with van der Waals surface area (Å²) in [6, 6.07) is 18.6. The normalized spacial score (nSPS) is 17.4. The number of hydrogen-bond donors (Lipinski definition) is 0. The Hall–Kier alpha value is -2.60. The Balaban J connectivity index is 1.50. The highest BCUT2D eigenvalue weighted by atomic mass is 32.2. The maximum Gasteiger partial charge on any atom is 0.272 e. The first-order valence-corrected chi connectivity index (χ1v) is 10.4. The summed E-state index contributed by atoms with van der Waals surface area (Å²) in [5.41, 5.74) is 3.09. The third-order valence-corrected chi connectivity index (χ3v) is 6.36. The van der Waals surface area contributed by atoms with Crippen LogP contribution in [0.3, 0.4) is 0 Å². The SMILES string of the molecule is Cn1nc(-c2ccccc2)cc1C(=O)N1CCS[C@H](c2ccccc2F)CC1. The Morgan fingerprint density at radius 2 is 1.86 bits per heavy atom. The molecule has 1 amide bonds. The maximum absolute atomic E-state index is 14.1. The lowest BCUT2D eigenvalue weighted by Crippen LogP contribution is -2.34. The van der Waals surface area contributed by atoms with E-state index in [1.807, 2.05) is 53.4 Å². The number of aryl methyl sites for hydroxylation is 1. The summed E-state index contributed by atoms with van der Waals surface area (Å²) >= 11 is 1.72. The van der Waals surface area contributed by atoms with E-state index in [1.54, 1.807) is 29.6 Å². The molecule has 1 aliphatic heterocycles. The van der Waals surface area contributed by atoms with E-state index >= 15 is 0 Å². The summed E-state index contributed by atoms with van der Waals surface area (Å²) in [5.74, 6) is 0.597. The van der Waals surface area contributed by atoms with Gasteiger partial charge in [-0.25, -0.2) is 4.39 Å². The summed E-state index contributed by atoms with van der Waals surface area (Å²) in [5, 5.41) is 4.58. The van der Waals surface area contributed by atoms with Crippen LogP contribution in [0.5, 0.6) is 0 Å². The second kappa shape index (κ2) is 8.19. The first kappa shape index (κ1) is 18.7. The summed E-state index contributed by atoms with van der Waals surface area (Å²) in [6.45, 7) is 1.26. The van der Waals surface area contributed by atoms with Gasteiger partial charge < -0.3 is 4.90 Å². The van der Waals surface area contributed by atoms with Crippen LogP contribution in [-0.4, -0.2) is 39.4 Å². The molecule has 6 heteroatoms. The zero-order chi connectivity index (χ0) is 19.5. The third kappa shape index (κ3) is 3.83. The number of benzene rings is 2. The number of aromatic nitrogens is 2. The van der Waals surface area contributed by atoms with Gasteiger partial charge in [0, 0.05) is 42.3 Å². The summed E-state index contributed by atoms with van der Waals surface area (Å²) in [7, 11) is 1.80. The monoisotopic (exact) mass is 395 g/mol. The molecule has 1 aliphatic rings. The van der Waals surface area contributed by atoms with Crippen LogP contribution in [0.25, 0.3) is 11.3 Å². The van der Waals surface area contributed by atoms with Gasteiger partial charge >= 0.3 is 0 Å². The number of halogens is 1. The topological polar surface area (TPSA) is 38.1 Å². The van der Waals surface area contributed by atoms with Crippen LogP contribution in [0.2, 0.25) is 0 Å². The molecule has 0 bridgehead atoms. The van der Waals surface area contributed by atoms with Crippen LogP contribution < -0.4 is 0 Å². The van der Waals surface area contributed by atoms with Gasteiger partial charge in [0.1, 0.15) is 11.5 Å². The molecule has 28 heavy (non-hydrogen) atoms. The second-order valence-electron chi connectivity index (χ2n) is 6.87. The Morgan fingerprint density at radius 1 is 1.11 bits per heavy atom. The van der Waals surface area contributed by atoms with Gasteiger partial charge in [-0.1, -0.05) is 48.5 Å². The van der Waals surface area contributed by atoms with Crippen molar-refractivity contribution < 1.29 is 9.18 Å². The van der Waals surface area contributed by atoms with Gasteiger partial charge in [-0.3, -0.25) is 9.48 Å². The first-order valence-electron chi connectivity index (χ1n) is 9.38. The summed E-state index contributed by atoms with van der Waals surface area (Å²) in [4.78, 5) is 15.0. The van der Waals surface area contributed by atoms with Crippen molar-refractivity contribution >= 4 is 17.7 Å². The molecular formula is C22H22FN3OS. The summed E-state index contributed by atoms with van der Waals surface area (Å²) < 4.78 is 15.8. The predicted octanol–water partition coefficient (Wildman–Crippen LogP) is 4.55. The van der Waals surface area contributed by atoms with Crippen molar-refractivity contribution in [2.45, 2.75) is 11.7 Å². The number of carbonyl (C=O) groups excluding carboxylic acids is 1. The highest BCUT2D eigenvalue weighted by molar-refractivity contribution is 7.99. The zero-order valence-corrected chi connectivity index (χ0v) is 16.5. The van der Waals surface area contributed by atoms with Gasteiger partial charge in [0.2, 0.25) is 0 Å². The molecule has 0 unspecified atom stereocenters. The molecule has 1 saturated heterocycles. The molecule has 3 aromatic rings. The minimum atomic E-state index is -0.168. The number of amides is 1. The van der Waals surface area contributed by atoms with E-state index in [-0.39, 0.29) is 17.0 Å². The molecule has 4 rings (SSSR count). The van der Waals surface area contributed by atoms with Crippen molar-refractivity contribution in [1.29, 1.82) is 0 Å². The van der Waals surface area contributed by atoms with Crippen LogP contribution in [0.15, 0.2) is 60.7 Å². The van der Waals surface area contributed by atoms with Crippen LogP contribution >= 0.6 is 11.8 Å². The van der Waals surface area contributed by atoms with E-state index < -0.39 is 0 Å². The van der Waals surface area contributed by atoms with Crippen molar-refractivity contribution in [3.63, 3.8) is 0 Å². The van der Waals surface area contributed by atoms with E-state index in [4.69, 9.17) is 0 Å². The molecule has 0 N–H and O–H groups in total. The molecule has 0 aliphatic carbocycles. The quantitative estimate of drug-likeness (QED) is 0.653. The maximum atomic E-state index is 14.1. The van der Waals surface area contributed by atoms with E-state index in [9.17, 15) is 9.18 Å². The number of rotatable bonds is 3. The van der Waals surface area contributed by atoms with E-state index in [0.29, 0.717) is 18.8 Å². The van der Waals surface area contributed by atoms with Crippen LogP contribution in [0.1, 0.15) is 27.7 Å². The molecule has 0 spiro atoms. The summed E-state index contributed by atoms with van der Waals surface area (Å²) in [6.07, 6.45) is 0.737. The fourth-order valence-electron chi connectivity index (χ4n) is 3.54. The van der Waals surface area contributed by atoms with Gasteiger partial charge in [-0.2, -0.15) is 16.9 Å². The van der Waals surface area contributed by atoms with Gasteiger partial charge in [0.25, 0.3) is 5.91 Å². The first-order chi connectivity index (χ1) is 13.6. The number of hydrogen-bond acceptors (Lipinski definition) is 3. The van der Waals surface area contributed by atoms with E-state index in [0.717, 1.165) is 29.0 Å². The molecule has 144 valence electrons. The Kier molecular flexibility index (Phi) is 5.48. The minimum absolute atomic E-state index is 0.0213. The van der Waals surface area contributed by atoms with Gasteiger partial charge in [-0.05, 0) is 18.6 Å². The number of thioether (sulfide) groups is 1. The Labute approximate surface area is 168 Å². The van der Waals surface area contributed by atoms with E-state index in [1.165, 1.54) is 6.07 Å². The van der Waals surface area contributed by atoms with E-state index in [2.05, 4.69) is 5.10 Å². The molecule has 0 radical (unpaired) electrons. The van der Waals surface area contributed by atoms with Gasteiger partial charge in [-0.15, -0.1) is 0 Å². The lowest BCUT2D eigenvalue weighted by Gasteiger charge is -2.20. The second-order valence-corrected chi connectivity index (χ2v) is 8.18. The van der Waals surface area contributed by atoms with Crippen molar-refractivity contribution in [2.75, 3.05) is 18.8 Å². The van der Waals surface area contributed by atoms with Crippen LogP contribution in [0, 0.1) is 5.82 Å². The van der Waals surface area contributed by atoms with Crippen molar-refractivity contribution in [1.82, 2.24) is 14.7 Å². The molecular weight excluding hydrogens is 373 g/mol. The van der Waals surface area contributed by atoms with Crippen molar-refractivity contribution in [2.24, 2.45) is 7.05 Å². The lowest BCUT2D eigenvalue weighted by molar-refractivity contribution is 0.0755. The highest BCUT2D eigenvalue weighted by Crippen LogP contribution is 2.36. The van der Waals surface area contributed by atoms with Crippen LogP contribution in [-0.2, 0) is 7.05 Å². The average molecular weight is 396 g/mol. The van der Waals surface area contributed by atoms with Crippen LogP contribution in [0.4, 0.5) is 4.39 Å². The fourth-order valence-corrected chi connectivity index (χ4v) is 4.79. The van der Waals surface area contributed by atoms with Gasteiger partial charge in [0.05, 0.1) is 5.69 Å². The molecule has 2 heterocycles. The molecule has 1 fully saturated rings. The predicted molar refractivity (Wildman–Crippen MR) is 111 cm³/mol. The smallest absolute Gasteiger partial charge is 0.272 e. The largest absolute Gasteiger partial charge is 0.336 e. The van der Waals surface area contributed by atoms with Crippen molar-refractivity contribution in [3.05, 3.63) is 77.7 Å². The molecule has 1 aromatic heterocycles. The molecule has 2 aromatic carbocycles. The highest BCUT2D eigenvalue weighted by Gasteiger charge is 2.26. The fraction of sp³-hybridized carbons (Fsp3) is 0.273.